The Morgan fingerprint density at radius 3 is 2.67 bits per heavy atom. The second-order valence-electron chi connectivity index (χ2n) is 9.69. The number of hydrogen-bond acceptors (Lipinski definition) is 8. The molecule has 0 radical (unpaired) electrons. The maximum atomic E-state index is 12.1. The van der Waals surface area contributed by atoms with Crippen molar-refractivity contribution in [1.82, 2.24) is 43.9 Å². The van der Waals surface area contributed by atoms with E-state index in [1.54, 1.807) is 18.9 Å². The van der Waals surface area contributed by atoms with E-state index >= 15 is 0 Å². The smallest absolute Gasteiger partial charge is 0.231 e. The molecule has 7 rings (SSSR count). The number of benzene rings is 2. The van der Waals surface area contributed by atoms with E-state index in [2.05, 4.69) is 30.6 Å². The van der Waals surface area contributed by atoms with Gasteiger partial charge in [0.05, 0.1) is 30.2 Å². The van der Waals surface area contributed by atoms with Crippen molar-refractivity contribution in [3.05, 3.63) is 79.4 Å². The van der Waals surface area contributed by atoms with Crippen molar-refractivity contribution in [3.8, 4) is 5.69 Å². The van der Waals surface area contributed by atoms with Crippen LogP contribution >= 0.6 is 0 Å². The molecule has 2 aromatic carbocycles. The molecule has 0 bridgehead atoms. The number of anilines is 3. The third-order valence-electron chi connectivity index (χ3n) is 7.03. The summed E-state index contributed by atoms with van der Waals surface area (Å²) in [4.78, 5) is 40.4. The zero-order chi connectivity index (χ0) is 26.9. The predicted molar refractivity (Wildman–Crippen MR) is 151 cm³/mol. The van der Waals surface area contributed by atoms with Crippen LogP contribution in [-0.4, -0.2) is 62.9 Å². The minimum Gasteiger partial charge on any atom is -0.361 e. The number of fused-ring (bicyclic) bond motifs is 2. The number of aromatic nitrogens is 8. The normalized spacial score (nSPS) is 13.5. The van der Waals surface area contributed by atoms with E-state index in [1.165, 1.54) is 0 Å². The Morgan fingerprint density at radius 1 is 0.975 bits per heavy atom. The van der Waals surface area contributed by atoms with Gasteiger partial charge in [-0.2, -0.15) is 9.97 Å². The molecule has 0 unspecified atom stereocenters. The Hall–Kier alpha value is -5.26. The summed E-state index contributed by atoms with van der Waals surface area (Å²) in [6, 6.07) is 15.9. The first-order valence-electron chi connectivity index (χ1n) is 13.2. The lowest BCUT2D eigenvalue weighted by Crippen LogP contribution is -2.28. The first-order chi connectivity index (χ1) is 19.7. The van der Waals surface area contributed by atoms with Gasteiger partial charge in [-0.3, -0.25) is 4.79 Å². The van der Waals surface area contributed by atoms with Gasteiger partial charge in [0.1, 0.15) is 5.82 Å². The van der Waals surface area contributed by atoms with Crippen LogP contribution in [0.15, 0.2) is 73.6 Å². The average molecular weight is 534 g/mol. The molecule has 0 atom stereocenters. The molecule has 4 aromatic heterocycles. The molecule has 12 nitrogen and oxygen atoms in total. The number of nitrogens with zero attached hydrogens (tertiary/aromatic N) is 8. The van der Waals surface area contributed by atoms with E-state index < -0.39 is 0 Å². The highest BCUT2D eigenvalue weighted by Crippen LogP contribution is 2.24. The van der Waals surface area contributed by atoms with Crippen molar-refractivity contribution in [2.24, 2.45) is 0 Å². The Bertz CT molecular complexity index is 1750. The van der Waals surface area contributed by atoms with E-state index in [0.717, 1.165) is 41.2 Å². The molecule has 0 saturated carbocycles. The van der Waals surface area contributed by atoms with E-state index in [1.807, 2.05) is 68.8 Å². The molecule has 6 aromatic rings. The summed E-state index contributed by atoms with van der Waals surface area (Å²) in [6.07, 6.45) is 8.70. The average Bonchev–Trinajstić information content (AvgIpc) is 3.78. The van der Waals surface area contributed by atoms with Crippen LogP contribution in [0.25, 0.3) is 27.9 Å². The Balaban J connectivity index is 1.18. The third kappa shape index (κ3) is 4.70. The minimum absolute atomic E-state index is 0.203. The predicted octanol–water partition coefficient (Wildman–Crippen LogP) is 3.87. The number of imidazole rings is 3. The zero-order valence-corrected chi connectivity index (χ0v) is 21.7. The molecule has 40 heavy (non-hydrogen) atoms. The number of carbonyl (C=O) groups is 1. The van der Waals surface area contributed by atoms with Gasteiger partial charge in [-0.1, -0.05) is 12.1 Å². The highest BCUT2D eigenvalue weighted by atomic mass is 16.2. The fourth-order valence-corrected chi connectivity index (χ4v) is 4.97. The lowest BCUT2D eigenvalue weighted by atomic mass is 10.3. The van der Waals surface area contributed by atoms with Crippen molar-refractivity contribution in [2.75, 3.05) is 23.7 Å². The maximum Gasteiger partial charge on any atom is 0.231 e. The highest BCUT2D eigenvalue weighted by Gasteiger charge is 2.21. The molecule has 5 heterocycles. The zero-order valence-electron chi connectivity index (χ0n) is 21.7. The number of likely N-dealkylation sites (tertiary alicyclic amines) is 1. The maximum absolute atomic E-state index is 12.1. The molecule has 12 heteroatoms. The minimum atomic E-state index is 0.203. The lowest BCUT2D eigenvalue weighted by Gasteiger charge is -2.16. The van der Waals surface area contributed by atoms with Crippen LogP contribution in [0.5, 0.6) is 0 Å². The number of para-hydroxylation sites is 2. The molecular formula is C28H27N11O. The van der Waals surface area contributed by atoms with Crippen molar-refractivity contribution in [2.45, 2.75) is 25.9 Å². The number of carbonyl (C=O) groups excluding carboxylic acids is 1. The second kappa shape index (κ2) is 10.1. The SMILES string of the molecule is O=C1CCCN1CCn1cnc2c(NCc3nc4ccccc4[nH]3)nc(Nc3ccc(-n4ccnc4)cc3)nc21. The van der Waals surface area contributed by atoms with Crippen molar-refractivity contribution < 1.29 is 4.79 Å². The van der Waals surface area contributed by atoms with Gasteiger partial charge in [0.2, 0.25) is 11.9 Å². The summed E-state index contributed by atoms with van der Waals surface area (Å²) in [5, 5.41) is 6.73. The van der Waals surface area contributed by atoms with E-state index in [0.29, 0.717) is 49.0 Å². The summed E-state index contributed by atoms with van der Waals surface area (Å²) in [5.41, 5.74) is 5.09. The molecule has 200 valence electrons. The number of nitrogens with one attached hydrogen (secondary N) is 3. The van der Waals surface area contributed by atoms with Crippen molar-refractivity contribution in [1.29, 1.82) is 0 Å². The van der Waals surface area contributed by atoms with Crippen LogP contribution < -0.4 is 10.6 Å². The first-order valence-corrected chi connectivity index (χ1v) is 13.2. The standard InChI is InChI=1S/C28H27N11O/c40-24-6-3-12-37(24)14-15-39-18-31-25-26(30-16-23-33-21-4-1-2-5-22(21)34-23)35-28(36-27(25)39)32-19-7-9-20(10-8-19)38-13-11-29-17-38/h1-2,4-5,7-11,13,17-18H,3,6,12,14-16H2,(H,33,34)(H2,30,32,35,36). The van der Waals surface area contributed by atoms with Crippen LogP contribution in [-0.2, 0) is 17.9 Å². The van der Waals surface area contributed by atoms with Crippen LogP contribution in [0.1, 0.15) is 18.7 Å². The van der Waals surface area contributed by atoms with Crippen LogP contribution in [0.2, 0.25) is 0 Å². The van der Waals surface area contributed by atoms with Crippen LogP contribution in [0, 0.1) is 0 Å². The van der Waals surface area contributed by atoms with Gasteiger partial charge < -0.3 is 29.7 Å². The molecule has 0 aliphatic carbocycles. The first kappa shape index (κ1) is 23.8. The summed E-state index contributed by atoms with van der Waals surface area (Å²) in [6.45, 7) is 2.46. The number of rotatable bonds is 9. The summed E-state index contributed by atoms with van der Waals surface area (Å²) >= 11 is 0. The van der Waals surface area contributed by atoms with Crippen molar-refractivity contribution >= 4 is 45.6 Å². The Morgan fingerprint density at radius 2 is 1.88 bits per heavy atom. The molecule has 0 spiro atoms. The van der Waals surface area contributed by atoms with Gasteiger partial charge in [-0.05, 0) is 42.8 Å². The summed E-state index contributed by atoms with van der Waals surface area (Å²) in [7, 11) is 0. The fraction of sp³-hybridized carbons (Fsp3) is 0.214. The lowest BCUT2D eigenvalue weighted by molar-refractivity contribution is -0.127. The van der Waals surface area contributed by atoms with Gasteiger partial charge in [-0.15, -0.1) is 0 Å². The molecule has 1 aliphatic heterocycles. The third-order valence-corrected chi connectivity index (χ3v) is 7.03. The molecule has 1 saturated heterocycles. The second-order valence-corrected chi connectivity index (χ2v) is 9.69. The van der Waals surface area contributed by atoms with Gasteiger partial charge >= 0.3 is 0 Å². The van der Waals surface area contributed by atoms with E-state index in [-0.39, 0.29) is 5.91 Å². The van der Waals surface area contributed by atoms with Crippen molar-refractivity contribution in [3.63, 3.8) is 0 Å². The molecule has 1 fully saturated rings. The number of aromatic amines is 1. The molecular weight excluding hydrogens is 506 g/mol. The van der Waals surface area contributed by atoms with E-state index in [9.17, 15) is 4.79 Å². The van der Waals surface area contributed by atoms with Gasteiger partial charge in [0.25, 0.3) is 0 Å². The molecule has 3 N–H and O–H groups in total. The van der Waals surface area contributed by atoms with Gasteiger partial charge in [0, 0.05) is 49.8 Å². The molecule has 1 amide bonds. The fourth-order valence-electron chi connectivity index (χ4n) is 4.97. The topological polar surface area (TPSA) is 134 Å². The monoisotopic (exact) mass is 533 g/mol. The largest absolute Gasteiger partial charge is 0.361 e. The van der Waals surface area contributed by atoms with Gasteiger partial charge in [0.15, 0.2) is 17.0 Å². The number of H-pyrrole nitrogens is 1. The highest BCUT2D eigenvalue weighted by molar-refractivity contribution is 5.85. The Kier molecular flexibility index (Phi) is 6.04. The number of hydrogen-bond donors (Lipinski definition) is 3. The summed E-state index contributed by atoms with van der Waals surface area (Å²) in [5.74, 6) is 2.03. The van der Waals surface area contributed by atoms with Gasteiger partial charge in [-0.25, -0.2) is 15.0 Å². The van der Waals surface area contributed by atoms with Crippen LogP contribution in [0.3, 0.4) is 0 Å². The molecule has 1 aliphatic rings. The number of amides is 1. The Labute approximate surface area is 229 Å². The summed E-state index contributed by atoms with van der Waals surface area (Å²) < 4.78 is 3.92. The van der Waals surface area contributed by atoms with E-state index in [4.69, 9.17) is 9.97 Å². The van der Waals surface area contributed by atoms with Crippen LogP contribution in [0.4, 0.5) is 17.5 Å². The quantitative estimate of drug-likeness (QED) is 0.255.